The summed E-state index contributed by atoms with van der Waals surface area (Å²) in [5, 5.41) is 3.62. The molecule has 15 heavy (non-hydrogen) atoms. The number of aromatic nitrogens is 1. The number of hydrogen-bond acceptors (Lipinski definition) is 3. The van der Waals surface area contributed by atoms with E-state index in [-0.39, 0.29) is 0 Å². The van der Waals surface area contributed by atoms with Crippen molar-refractivity contribution >= 4 is 11.3 Å². The number of thiazole rings is 1. The van der Waals surface area contributed by atoms with Crippen LogP contribution in [0.15, 0.2) is 5.51 Å². The van der Waals surface area contributed by atoms with E-state index < -0.39 is 0 Å². The topological polar surface area (TPSA) is 24.9 Å². The zero-order valence-corrected chi connectivity index (χ0v) is 10.9. The quantitative estimate of drug-likeness (QED) is 0.769. The molecule has 0 radical (unpaired) electrons. The van der Waals surface area contributed by atoms with Gasteiger partial charge >= 0.3 is 0 Å². The minimum atomic E-state index is 0.673. The summed E-state index contributed by atoms with van der Waals surface area (Å²) < 4.78 is 0. The highest BCUT2D eigenvalue weighted by atomic mass is 32.1. The Hall–Kier alpha value is -0.410. The fourth-order valence-electron chi connectivity index (χ4n) is 1.63. The molecule has 3 heteroatoms. The smallest absolute Gasteiger partial charge is 0.0798 e. The van der Waals surface area contributed by atoms with E-state index in [1.807, 2.05) is 5.51 Å². The summed E-state index contributed by atoms with van der Waals surface area (Å²) in [5.41, 5.74) is 3.11. The number of nitrogens with zero attached hydrogens (tertiary/aromatic N) is 1. The second kappa shape index (κ2) is 6.96. The Labute approximate surface area is 97.1 Å². The zero-order chi connectivity index (χ0) is 11.1. The monoisotopic (exact) mass is 226 g/mol. The van der Waals surface area contributed by atoms with Gasteiger partial charge in [-0.2, -0.15) is 0 Å². The second-order valence-corrected chi connectivity index (χ2v) is 4.93. The first-order valence-electron chi connectivity index (χ1n) is 5.90. The van der Waals surface area contributed by atoms with Crippen molar-refractivity contribution in [1.82, 2.24) is 10.3 Å². The van der Waals surface area contributed by atoms with Gasteiger partial charge in [0.05, 0.1) is 11.2 Å². The summed E-state index contributed by atoms with van der Waals surface area (Å²) in [6.45, 7) is 7.58. The maximum Gasteiger partial charge on any atom is 0.0798 e. The van der Waals surface area contributed by atoms with Crippen molar-refractivity contribution in [3.63, 3.8) is 0 Å². The first-order valence-corrected chi connectivity index (χ1v) is 6.78. The van der Waals surface area contributed by atoms with Gasteiger partial charge in [0, 0.05) is 17.5 Å². The molecule has 1 rings (SSSR count). The van der Waals surface area contributed by atoms with Crippen LogP contribution in [0.5, 0.6) is 0 Å². The Kier molecular flexibility index (Phi) is 5.88. The maximum atomic E-state index is 4.26. The van der Waals surface area contributed by atoms with Gasteiger partial charge in [0.25, 0.3) is 0 Å². The van der Waals surface area contributed by atoms with Crippen LogP contribution in [0.3, 0.4) is 0 Å². The molecule has 0 aliphatic rings. The van der Waals surface area contributed by atoms with Crippen molar-refractivity contribution in [3.8, 4) is 0 Å². The van der Waals surface area contributed by atoms with Crippen LogP contribution in [0.2, 0.25) is 0 Å². The van der Waals surface area contributed by atoms with Crippen LogP contribution in [-0.2, 0) is 6.54 Å². The molecule has 2 nitrogen and oxygen atoms in total. The van der Waals surface area contributed by atoms with Crippen molar-refractivity contribution < 1.29 is 0 Å². The summed E-state index contributed by atoms with van der Waals surface area (Å²) >= 11 is 1.75. The largest absolute Gasteiger partial charge is 0.309 e. The molecule has 1 unspecified atom stereocenters. The van der Waals surface area contributed by atoms with E-state index in [0.717, 1.165) is 6.54 Å². The van der Waals surface area contributed by atoms with Gasteiger partial charge < -0.3 is 5.32 Å². The van der Waals surface area contributed by atoms with Gasteiger partial charge in [-0.3, -0.25) is 0 Å². The van der Waals surface area contributed by atoms with Crippen molar-refractivity contribution in [2.75, 3.05) is 0 Å². The third kappa shape index (κ3) is 4.31. The molecular weight excluding hydrogens is 204 g/mol. The second-order valence-electron chi connectivity index (χ2n) is 3.99. The van der Waals surface area contributed by atoms with Crippen LogP contribution >= 0.6 is 11.3 Å². The van der Waals surface area contributed by atoms with E-state index in [9.17, 15) is 0 Å². The summed E-state index contributed by atoms with van der Waals surface area (Å²) in [6, 6.07) is 0.673. The lowest BCUT2D eigenvalue weighted by Gasteiger charge is -2.15. The molecular formula is C12H22N2S. The molecule has 86 valence electrons. The van der Waals surface area contributed by atoms with E-state index in [4.69, 9.17) is 0 Å². The van der Waals surface area contributed by atoms with E-state index in [0.29, 0.717) is 6.04 Å². The molecule has 0 fully saturated rings. The van der Waals surface area contributed by atoms with Gasteiger partial charge in [-0.1, -0.05) is 26.7 Å². The van der Waals surface area contributed by atoms with E-state index in [2.05, 4.69) is 31.1 Å². The predicted molar refractivity (Wildman–Crippen MR) is 67.3 cm³/mol. The number of hydrogen-bond donors (Lipinski definition) is 1. The highest BCUT2D eigenvalue weighted by molar-refractivity contribution is 7.09. The molecule has 0 bridgehead atoms. The zero-order valence-electron chi connectivity index (χ0n) is 10.0. The Balaban J connectivity index is 2.31. The lowest BCUT2D eigenvalue weighted by Crippen LogP contribution is -2.27. The lowest BCUT2D eigenvalue weighted by atomic mass is 10.1. The van der Waals surface area contributed by atoms with E-state index in [1.165, 1.54) is 36.3 Å². The molecule has 0 amide bonds. The molecule has 1 aromatic rings. The van der Waals surface area contributed by atoms with Gasteiger partial charge in [0.15, 0.2) is 0 Å². The minimum Gasteiger partial charge on any atom is -0.309 e. The van der Waals surface area contributed by atoms with Crippen molar-refractivity contribution in [2.45, 2.75) is 59.0 Å². The van der Waals surface area contributed by atoms with Gasteiger partial charge in [-0.15, -0.1) is 11.3 Å². The van der Waals surface area contributed by atoms with Crippen molar-refractivity contribution in [3.05, 3.63) is 16.1 Å². The molecule has 1 atom stereocenters. The normalized spacial score (nSPS) is 13.0. The Morgan fingerprint density at radius 2 is 2.27 bits per heavy atom. The molecule has 0 aromatic carbocycles. The number of rotatable bonds is 7. The fourth-order valence-corrected chi connectivity index (χ4v) is 2.36. The standard InChI is InChI=1S/C12H22N2S/c1-4-6-7-11(5-2)13-8-12-10(3)14-9-15-12/h9,11,13H,4-8H2,1-3H3. The third-order valence-electron chi connectivity index (χ3n) is 2.80. The van der Waals surface area contributed by atoms with Gasteiger partial charge in [0.2, 0.25) is 0 Å². The van der Waals surface area contributed by atoms with Gasteiger partial charge in [0.1, 0.15) is 0 Å². The summed E-state index contributed by atoms with van der Waals surface area (Å²) in [5.74, 6) is 0. The number of nitrogens with one attached hydrogen (secondary N) is 1. The molecule has 1 aromatic heterocycles. The summed E-state index contributed by atoms with van der Waals surface area (Å²) in [6.07, 6.45) is 5.13. The molecule has 0 aliphatic heterocycles. The highest BCUT2D eigenvalue weighted by Crippen LogP contribution is 2.13. The Morgan fingerprint density at radius 1 is 1.47 bits per heavy atom. The first kappa shape index (κ1) is 12.7. The van der Waals surface area contributed by atoms with Crippen LogP contribution in [0.1, 0.15) is 50.1 Å². The molecule has 0 saturated carbocycles. The fraction of sp³-hybridized carbons (Fsp3) is 0.750. The Bertz CT molecular complexity index is 270. The van der Waals surface area contributed by atoms with Crippen LogP contribution in [0.25, 0.3) is 0 Å². The Morgan fingerprint density at radius 3 is 2.80 bits per heavy atom. The van der Waals surface area contributed by atoms with Crippen LogP contribution in [0.4, 0.5) is 0 Å². The third-order valence-corrected chi connectivity index (χ3v) is 3.73. The number of aryl methyl sites for hydroxylation is 1. The molecule has 1 heterocycles. The number of unbranched alkanes of at least 4 members (excludes halogenated alkanes) is 1. The molecule has 0 aliphatic carbocycles. The van der Waals surface area contributed by atoms with Crippen LogP contribution < -0.4 is 5.32 Å². The van der Waals surface area contributed by atoms with Gasteiger partial charge in [-0.05, 0) is 19.8 Å². The van der Waals surface area contributed by atoms with Crippen molar-refractivity contribution in [2.24, 2.45) is 0 Å². The highest BCUT2D eigenvalue weighted by Gasteiger charge is 2.06. The van der Waals surface area contributed by atoms with Gasteiger partial charge in [-0.25, -0.2) is 4.98 Å². The summed E-state index contributed by atoms with van der Waals surface area (Å²) in [4.78, 5) is 5.64. The first-order chi connectivity index (χ1) is 7.27. The molecule has 0 saturated heterocycles. The molecule has 1 N–H and O–H groups in total. The minimum absolute atomic E-state index is 0.673. The summed E-state index contributed by atoms with van der Waals surface area (Å²) in [7, 11) is 0. The predicted octanol–water partition coefficient (Wildman–Crippen LogP) is 3.51. The average molecular weight is 226 g/mol. The lowest BCUT2D eigenvalue weighted by molar-refractivity contribution is 0.453. The molecule has 0 spiro atoms. The average Bonchev–Trinajstić information content (AvgIpc) is 2.65. The van der Waals surface area contributed by atoms with Crippen LogP contribution in [0, 0.1) is 6.92 Å². The maximum absolute atomic E-state index is 4.26. The SMILES string of the molecule is CCCCC(CC)NCc1scnc1C. The van der Waals surface area contributed by atoms with E-state index in [1.54, 1.807) is 11.3 Å². The van der Waals surface area contributed by atoms with E-state index >= 15 is 0 Å². The van der Waals surface area contributed by atoms with Crippen molar-refractivity contribution in [1.29, 1.82) is 0 Å². The van der Waals surface area contributed by atoms with Crippen LogP contribution in [-0.4, -0.2) is 11.0 Å².